The zero-order valence-corrected chi connectivity index (χ0v) is 12.0. The van der Waals surface area contributed by atoms with Gasteiger partial charge in [-0.05, 0) is 45.1 Å². The predicted octanol–water partition coefficient (Wildman–Crippen LogP) is 1.98. The molecule has 0 heterocycles. The van der Waals surface area contributed by atoms with Gasteiger partial charge < -0.3 is 19.5 Å². The summed E-state index contributed by atoms with van der Waals surface area (Å²) in [5, 5.41) is 3.34. The highest BCUT2D eigenvalue weighted by Gasteiger charge is 2.21. The minimum absolute atomic E-state index is 0.416. The van der Waals surface area contributed by atoms with Crippen molar-refractivity contribution in [2.45, 2.75) is 50.7 Å². The minimum Gasteiger partial charge on any atom is -0.383 e. The first kappa shape index (κ1) is 15.9. The van der Waals surface area contributed by atoms with Crippen LogP contribution in [-0.4, -0.2) is 52.7 Å². The molecule has 0 aromatic heterocycles. The van der Waals surface area contributed by atoms with Crippen LogP contribution in [0.3, 0.4) is 0 Å². The maximum atomic E-state index is 5.91. The molecule has 0 aromatic rings. The van der Waals surface area contributed by atoms with Crippen molar-refractivity contribution < 1.29 is 14.2 Å². The summed E-state index contributed by atoms with van der Waals surface area (Å²) in [6.07, 6.45) is 7.85. The van der Waals surface area contributed by atoms with E-state index >= 15 is 0 Å². The van der Waals surface area contributed by atoms with Crippen molar-refractivity contribution in [2.75, 3.05) is 40.5 Å². The number of ether oxygens (including phenoxy) is 3. The third-order valence-electron chi connectivity index (χ3n) is 3.50. The van der Waals surface area contributed by atoms with Gasteiger partial charge in [0.1, 0.15) is 0 Å². The molecule has 0 radical (unpaired) electrons. The lowest BCUT2D eigenvalue weighted by Crippen LogP contribution is -2.28. The van der Waals surface area contributed by atoms with Gasteiger partial charge in [-0.1, -0.05) is 0 Å². The van der Waals surface area contributed by atoms with E-state index in [1.54, 1.807) is 14.2 Å². The average Bonchev–Trinajstić information content (AvgIpc) is 2.42. The van der Waals surface area contributed by atoms with E-state index in [2.05, 4.69) is 5.32 Å². The normalized spacial score (nSPS) is 24.3. The van der Waals surface area contributed by atoms with Crippen LogP contribution in [0.2, 0.25) is 0 Å². The molecule has 0 spiro atoms. The number of nitrogens with one attached hydrogen (secondary N) is 1. The Morgan fingerprint density at radius 2 is 1.83 bits per heavy atom. The molecule has 0 saturated heterocycles. The van der Waals surface area contributed by atoms with E-state index in [0.717, 1.165) is 39.1 Å². The van der Waals surface area contributed by atoms with Gasteiger partial charge >= 0.3 is 0 Å². The van der Waals surface area contributed by atoms with Gasteiger partial charge in [0.25, 0.3) is 0 Å². The summed E-state index contributed by atoms with van der Waals surface area (Å²) in [6.45, 7) is 3.66. The van der Waals surface area contributed by atoms with E-state index in [0.29, 0.717) is 12.2 Å². The number of methoxy groups -OCH3 is 2. The quantitative estimate of drug-likeness (QED) is 0.609. The molecule has 0 aliphatic heterocycles. The van der Waals surface area contributed by atoms with E-state index in [9.17, 15) is 0 Å². The molecule has 0 aromatic carbocycles. The van der Waals surface area contributed by atoms with E-state index in [-0.39, 0.29) is 0 Å². The standard InChI is InChI=1S/C14H29NO3/c1-16-11-9-15-8-3-4-10-18-14-7-5-6-13(12-14)17-2/h13-15H,3-12H2,1-2H3. The van der Waals surface area contributed by atoms with Crippen LogP contribution in [0.1, 0.15) is 38.5 Å². The first-order valence-electron chi connectivity index (χ1n) is 7.21. The molecule has 1 aliphatic rings. The highest BCUT2D eigenvalue weighted by atomic mass is 16.5. The Balaban J connectivity index is 1.88. The lowest BCUT2D eigenvalue weighted by molar-refractivity contribution is -0.0302. The van der Waals surface area contributed by atoms with Gasteiger partial charge in [-0.25, -0.2) is 0 Å². The Kier molecular flexibility index (Phi) is 9.48. The second-order valence-corrected chi connectivity index (χ2v) is 4.97. The van der Waals surface area contributed by atoms with Crippen molar-refractivity contribution in [3.63, 3.8) is 0 Å². The van der Waals surface area contributed by atoms with Gasteiger partial charge in [0, 0.05) is 27.4 Å². The molecule has 4 nitrogen and oxygen atoms in total. The van der Waals surface area contributed by atoms with Crippen LogP contribution >= 0.6 is 0 Å². The predicted molar refractivity (Wildman–Crippen MR) is 73.0 cm³/mol. The van der Waals surface area contributed by atoms with Crippen molar-refractivity contribution >= 4 is 0 Å². The maximum Gasteiger partial charge on any atom is 0.0599 e. The van der Waals surface area contributed by atoms with Crippen LogP contribution in [0.4, 0.5) is 0 Å². The fourth-order valence-corrected chi connectivity index (χ4v) is 2.37. The second kappa shape index (κ2) is 10.7. The minimum atomic E-state index is 0.416. The van der Waals surface area contributed by atoms with Crippen LogP contribution in [0.25, 0.3) is 0 Å². The van der Waals surface area contributed by atoms with Crippen molar-refractivity contribution in [1.29, 1.82) is 0 Å². The zero-order chi connectivity index (χ0) is 13.1. The molecule has 2 unspecified atom stereocenters. The Bertz CT molecular complexity index is 190. The summed E-state index contributed by atoms with van der Waals surface area (Å²) < 4.78 is 16.3. The molecular formula is C14H29NO3. The Hall–Kier alpha value is -0.160. The summed E-state index contributed by atoms with van der Waals surface area (Å²) in [5.74, 6) is 0. The lowest BCUT2D eigenvalue weighted by Gasteiger charge is -2.28. The van der Waals surface area contributed by atoms with Crippen LogP contribution in [0, 0.1) is 0 Å². The molecule has 0 bridgehead atoms. The Morgan fingerprint density at radius 1 is 1.00 bits per heavy atom. The molecule has 1 rings (SSSR count). The van der Waals surface area contributed by atoms with Gasteiger partial charge in [-0.3, -0.25) is 0 Å². The molecule has 18 heavy (non-hydrogen) atoms. The third kappa shape index (κ3) is 7.31. The van der Waals surface area contributed by atoms with Gasteiger partial charge in [-0.2, -0.15) is 0 Å². The Morgan fingerprint density at radius 3 is 2.61 bits per heavy atom. The van der Waals surface area contributed by atoms with Crippen molar-refractivity contribution in [1.82, 2.24) is 5.32 Å². The highest BCUT2D eigenvalue weighted by molar-refractivity contribution is 4.73. The number of rotatable bonds is 10. The zero-order valence-electron chi connectivity index (χ0n) is 12.0. The number of unbranched alkanes of at least 4 members (excludes halogenated alkanes) is 1. The molecule has 1 N–H and O–H groups in total. The first-order chi connectivity index (χ1) is 8.86. The van der Waals surface area contributed by atoms with Crippen molar-refractivity contribution in [2.24, 2.45) is 0 Å². The van der Waals surface area contributed by atoms with E-state index < -0.39 is 0 Å². The van der Waals surface area contributed by atoms with Gasteiger partial charge in [0.15, 0.2) is 0 Å². The largest absolute Gasteiger partial charge is 0.383 e. The van der Waals surface area contributed by atoms with Crippen molar-refractivity contribution in [3.05, 3.63) is 0 Å². The molecule has 1 fully saturated rings. The SMILES string of the molecule is COCCNCCCCOC1CCCC(OC)C1. The first-order valence-corrected chi connectivity index (χ1v) is 7.21. The highest BCUT2D eigenvalue weighted by Crippen LogP contribution is 2.23. The molecule has 1 saturated carbocycles. The van der Waals surface area contributed by atoms with Crippen molar-refractivity contribution in [3.8, 4) is 0 Å². The molecular weight excluding hydrogens is 230 g/mol. The number of hydrogen-bond acceptors (Lipinski definition) is 4. The molecule has 108 valence electrons. The summed E-state index contributed by atoms with van der Waals surface area (Å²) in [5.41, 5.74) is 0. The van der Waals surface area contributed by atoms with Crippen LogP contribution in [0.15, 0.2) is 0 Å². The molecule has 0 amide bonds. The smallest absolute Gasteiger partial charge is 0.0599 e. The fraction of sp³-hybridized carbons (Fsp3) is 1.00. The molecule has 4 heteroatoms. The Labute approximate surface area is 111 Å². The van der Waals surface area contributed by atoms with E-state index in [1.165, 1.54) is 25.7 Å². The van der Waals surface area contributed by atoms with Gasteiger partial charge in [-0.15, -0.1) is 0 Å². The monoisotopic (exact) mass is 259 g/mol. The fourth-order valence-electron chi connectivity index (χ4n) is 2.37. The topological polar surface area (TPSA) is 39.7 Å². The van der Waals surface area contributed by atoms with Crippen LogP contribution in [0.5, 0.6) is 0 Å². The van der Waals surface area contributed by atoms with E-state index in [4.69, 9.17) is 14.2 Å². The lowest BCUT2D eigenvalue weighted by atomic mass is 9.95. The summed E-state index contributed by atoms with van der Waals surface area (Å²) in [7, 11) is 3.53. The van der Waals surface area contributed by atoms with Gasteiger partial charge in [0.05, 0.1) is 18.8 Å². The number of hydrogen-bond donors (Lipinski definition) is 1. The summed E-state index contributed by atoms with van der Waals surface area (Å²) in [6, 6.07) is 0. The van der Waals surface area contributed by atoms with Gasteiger partial charge in [0.2, 0.25) is 0 Å². The van der Waals surface area contributed by atoms with Crippen LogP contribution < -0.4 is 5.32 Å². The second-order valence-electron chi connectivity index (χ2n) is 4.97. The molecule has 2 atom stereocenters. The van der Waals surface area contributed by atoms with Crippen LogP contribution in [-0.2, 0) is 14.2 Å². The summed E-state index contributed by atoms with van der Waals surface area (Å²) in [4.78, 5) is 0. The third-order valence-corrected chi connectivity index (χ3v) is 3.50. The summed E-state index contributed by atoms with van der Waals surface area (Å²) >= 11 is 0. The van der Waals surface area contributed by atoms with E-state index in [1.807, 2.05) is 0 Å². The maximum absolute atomic E-state index is 5.91. The average molecular weight is 259 g/mol. The molecule has 1 aliphatic carbocycles.